The Balaban J connectivity index is 1.69. The monoisotopic (exact) mass is 313 g/mol. The van der Waals surface area contributed by atoms with E-state index in [1.807, 2.05) is 30.3 Å². The molecule has 1 aliphatic carbocycles. The largest absolute Gasteiger partial charge is 0.396 e. The van der Waals surface area contributed by atoms with Gasteiger partial charge in [-0.25, -0.2) is 4.68 Å². The Morgan fingerprint density at radius 3 is 2.74 bits per heavy atom. The molecule has 2 N–H and O–H groups in total. The highest BCUT2D eigenvalue weighted by Crippen LogP contribution is 2.23. The Hall–Kier alpha value is -2.14. The minimum absolute atomic E-state index is 0.0388. The van der Waals surface area contributed by atoms with Gasteiger partial charge in [0, 0.05) is 24.8 Å². The van der Waals surface area contributed by atoms with Crippen LogP contribution in [0.15, 0.2) is 42.6 Å². The van der Waals surface area contributed by atoms with Gasteiger partial charge >= 0.3 is 0 Å². The molecule has 5 heteroatoms. The first kappa shape index (κ1) is 15.7. The Labute approximate surface area is 136 Å². The lowest BCUT2D eigenvalue weighted by Gasteiger charge is -2.24. The van der Waals surface area contributed by atoms with Crippen molar-refractivity contribution in [2.24, 2.45) is 5.92 Å². The molecule has 1 aromatic heterocycles. The number of aliphatic hydroxyl groups excluding tert-OH is 1. The van der Waals surface area contributed by atoms with Gasteiger partial charge in [0.15, 0.2) is 5.69 Å². The molecule has 1 amide bonds. The van der Waals surface area contributed by atoms with Crippen LogP contribution in [0.1, 0.15) is 42.6 Å². The molecular formula is C18H23N3O2. The van der Waals surface area contributed by atoms with Crippen molar-refractivity contribution < 1.29 is 9.90 Å². The average molecular weight is 313 g/mol. The van der Waals surface area contributed by atoms with Gasteiger partial charge < -0.3 is 10.4 Å². The number of rotatable bonds is 4. The summed E-state index contributed by atoms with van der Waals surface area (Å²) in [6.07, 6.45) is 7.09. The molecule has 122 valence electrons. The quantitative estimate of drug-likeness (QED) is 0.852. The standard InChI is InChI=1S/C18H23N3O2/c22-13-14-7-3-1-6-10-16(14)19-18(23)17-11-12-21(20-17)15-8-4-2-5-9-15/h2,4-5,8-9,11-12,14,16,22H,1,3,6-7,10,13H2,(H,19,23). The van der Waals surface area contributed by atoms with Crippen molar-refractivity contribution in [1.29, 1.82) is 0 Å². The van der Waals surface area contributed by atoms with Crippen molar-refractivity contribution in [2.45, 2.75) is 38.1 Å². The molecule has 1 saturated carbocycles. The SMILES string of the molecule is O=C(NC1CCCCCC1CO)c1ccn(-c2ccccc2)n1. The van der Waals surface area contributed by atoms with Crippen LogP contribution >= 0.6 is 0 Å². The first-order chi connectivity index (χ1) is 11.3. The van der Waals surface area contributed by atoms with Crippen molar-refractivity contribution >= 4 is 5.91 Å². The molecule has 0 spiro atoms. The molecule has 1 fully saturated rings. The molecule has 2 unspecified atom stereocenters. The lowest BCUT2D eigenvalue weighted by molar-refractivity contribution is 0.0894. The third-order valence-corrected chi connectivity index (χ3v) is 4.55. The van der Waals surface area contributed by atoms with Gasteiger partial charge in [0.1, 0.15) is 0 Å². The highest BCUT2D eigenvalue weighted by atomic mass is 16.3. The maximum atomic E-state index is 12.5. The van der Waals surface area contributed by atoms with E-state index in [0.717, 1.165) is 31.4 Å². The predicted octanol–water partition coefficient (Wildman–Crippen LogP) is 2.54. The first-order valence-electron chi connectivity index (χ1n) is 8.31. The Morgan fingerprint density at radius 2 is 1.96 bits per heavy atom. The zero-order chi connectivity index (χ0) is 16.1. The van der Waals surface area contributed by atoms with Crippen LogP contribution in [0.5, 0.6) is 0 Å². The minimum Gasteiger partial charge on any atom is -0.396 e. The Bertz CT molecular complexity index is 639. The highest BCUT2D eigenvalue weighted by molar-refractivity contribution is 5.92. The number of amides is 1. The van der Waals surface area contributed by atoms with E-state index < -0.39 is 0 Å². The zero-order valence-corrected chi connectivity index (χ0v) is 13.2. The molecule has 2 aromatic rings. The smallest absolute Gasteiger partial charge is 0.272 e. The summed E-state index contributed by atoms with van der Waals surface area (Å²) < 4.78 is 1.70. The van der Waals surface area contributed by atoms with Gasteiger partial charge in [-0.15, -0.1) is 0 Å². The number of aliphatic hydroxyl groups is 1. The molecule has 1 aromatic carbocycles. The summed E-state index contributed by atoms with van der Waals surface area (Å²) in [6.45, 7) is 0.128. The lowest BCUT2D eigenvalue weighted by atomic mass is 9.95. The van der Waals surface area contributed by atoms with Gasteiger partial charge in [0.05, 0.1) is 5.69 Å². The van der Waals surface area contributed by atoms with E-state index >= 15 is 0 Å². The van der Waals surface area contributed by atoms with E-state index in [4.69, 9.17) is 0 Å². The number of nitrogens with zero attached hydrogens (tertiary/aromatic N) is 2. The predicted molar refractivity (Wildman–Crippen MR) is 88.5 cm³/mol. The van der Waals surface area contributed by atoms with Crippen molar-refractivity contribution in [3.05, 3.63) is 48.3 Å². The fraction of sp³-hybridized carbons (Fsp3) is 0.444. The molecule has 2 atom stereocenters. The number of benzene rings is 1. The summed E-state index contributed by atoms with van der Waals surface area (Å²) in [7, 11) is 0. The van der Waals surface area contributed by atoms with E-state index in [-0.39, 0.29) is 24.5 Å². The van der Waals surface area contributed by atoms with Crippen LogP contribution in [0.4, 0.5) is 0 Å². The summed E-state index contributed by atoms with van der Waals surface area (Å²) in [5.41, 5.74) is 1.34. The van der Waals surface area contributed by atoms with Crippen molar-refractivity contribution in [2.75, 3.05) is 6.61 Å². The Morgan fingerprint density at radius 1 is 1.17 bits per heavy atom. The number of para-hydroxylation sites is 1. The Kier molecular flexibility index (Phi) is 5.08. The zero-order valence-electron chi connectivity index (χ0n) is 13.2. The average Bonchev–Trinajstić information content (AvgIpc) is 2.98. The van der Waals surface area contributed by atoms with Crippen LogP contribution in [0.2, 0.25) is 0 Å². The van der Waals surface area contributed by atoms with Gasteiger partial charge in [-0.05, 0) is 31.0 Å². The molecule has 1 heterocycles. The third-order valence-electron chi connectivity index (χ3n) is 4.55. The van der Waals surface area contributed by atoms with E-state index in [2.05, 4.69) is 10.4 Å². The van der Waals surface area contributed by atoms with Crippen LogP contribution in [-0.2, 0) is 0 Å². The van der Waals surface area contributed by atoms with Crippen LogP contribution in [0, 0.1) is 5.92 Å². The van der Waals surface area contributed by atoms with Crippen LogP contribution in [0.25, 0.3) is 5.69 Å². The second kappa shape index (κ2) is 7.42. The molecule has 5 nitrogen and oxygen atoms in total. The third kappa shape index (κ3) is 3.79. The number of nitrogens with one attached hydrogen (secondary N) is 1. The molecule has 23 heavy (non-hydrogen) atoms. The fourth-order valence-electron chi connectivity index (χ4n) is 3.20. The molecule has 3 rings (SSSR count). The topological polar surface area (TPSA) is 67.2 Å². The molecule has 0 bridgehead atoms. The summed E-state index contributed by atoms with van der Waals surface area (Å²) in [5.74, 6) is -0.0114. The number of hydrogen-bond acceptors (Lipinski definition) is 3. The highest BCUT2D eigenvalue weighted by Gasteiger charge is 2.25. The van der Waals surface area contributed by atoms with Gasteiger partial charge in [-0.2, -0.15) is 5.10 Å². The van der Waals surface area contributed by atoms with Crippen molar-refractivity contribution in [3.63, 3.8) is 0 Å². The number of carbonyl (C=O) groups is 1. The van der Waals surface area contributed by atoms with Crippen LogP contribution in [-0.4, -0.2) is 33.4 Å². The lowest BCUT2D eigenvalue weighted by Crippen LogP contribution is -2.41. The van der Waals surface area contributed by atoms with E-state index in [1.165, 1.54) is 6.42 Å². The molecule has 0 radical (unpaired) electrons. The van der Waals surface area contributed by atoms with Gasteiger partial charge in [-0.3, -0.25) is 4.79 Å². The molecule has 0 aliphatic heterocycles. The molecular weight excluding hydrogens is 290 g/mol. The second-order valence-corrected chi connectivity index (χ2v) is 6.14. The number of aromatic nitrogens is 2. The summed E-state index contributed by atoms with van der Waals surface area (Å²) >= 11 is 0. The summed E-state index contributed by atoms with van der Waals surface area (Å²) in [5, 5.41) is 17.0. The maximum Gasteiger partial charge on any atom is 0.272 e. The number of hydrogen-bond donors (Lipinski definition) is 2. The minimum atomic E-state index is -0.162. The maximum absolute atomic E-state index is 12.5. The van der Waals surface area contributed by atoms with Crippen molar-refractivity contribution in [1.82, 2.24) is 15.1 Å². The normalized spacial score (nSPS) is 21.6. The van der Waals surface area contributed by atoms with Crippen molar-refractivity contribution in [3.8, 4) is 5.69 Å². The molecule has 1 aliphatic rings. The van der Waals surface area contributed by atoms with E-state index in [0.29, 0.717) is 5.69 Å². The second-order valence-electron chi connectivity index (χ2n) is 6.14. The first-order valence-corrected chi connectivity index (χ1v) is 8.31. The summed E-state index contributed by atoms with van der Waals surface area (Å²) in [6, 6.07) is 11.5. The molecule has 0 saturated heterocycles. The van der Waals surface area contributed by atoms with Crippen LogP contribution < -0.4 is 5.32 Å². The van der Waals surface area contributed by atoms with Gasteiger partial charge in [0.2, 0.25) is 0 Å². The summed E-state index contributed by atoms with van der Waals surface area (Å²) in [4.78, 5) is 12.5. The fourth-order valence-corrected chi connectivity index (χ4v) is 3.20. The van der Waals surface area contributed by atoms with E-state index in [9.17, 15) is 9.90 Å². The van der Waals surface area contributed by atoms with E-state index in [1.54, 1.807) is 16.9 Å². The van der Waals surface area contributed by atoms with Gasteiger partial charge in [-0.1, -0.05) is 37.5 Å². The van der Waals surface area contributed by atoms with Crippen LogP contribution in [0.3, 0.4) is 0 Å². The number of carbonyl (C=O) groups excluding carboxylic acids is 1. The van der Waals surface area contributed by atoms with Gasteiger partial charge in [0.25, 0.3) is 5.91 Å².